The van der Waals surface area contributed by atoms with Crippen LogP contribution in [0.4, 0.5) is 13.2 Å². The minimum Gasteiger partial charge on any atom is -0.267 e. The lowest BCUT2D eigenvalue weighted by atomic mass is 10.1. The molecule has 2 N–H and O–H groups in total. The van der Waals surface area contributed by atoms with Crippen molar-refractivity contribution in [3.05, 3.63) is 65.2 Å². The predicted molar refractivity (Wildman–Crippen MR) is 101 cm³/mol. The molecule has 2 amide bonds. The molecule has 2 aromatic rings. The van der Waals surface area contributed by atoms with Crippen LogP contribution in [0.2, 0.25) is 0 Å². The van der Waals surface area contributed by atoms with Crippen molar-refractivity contribution in [2.45, 2.75) is 23.9 Å². The summed E-state index contributed by atoms with van der Waals surface area (Å²) in [6, 6.07) is 8.84. The second-order valence-electron chi connectivity index (χ2n) is 6.62. The van der Waals surface area contributed by atoms with Gasteiger partial charge in [0.25, 0.3) is 11.8 Å². The van der Waals surface area contributed by atoms with E-state index in [0.29, 0.717) is 13.1 Å². The molecule has 1 saturated heterocycles. The Morgan fingerprint density at radius 2 is 1.43 bits per heavy atom. The molecule has 7 nitrogen and oxygen atoms in total. The summed E-state index contributed by atoms with van der Waals surface area (Å²) in [4.78, 5) is 24.3. The Morgan fingerprint density at radius 1 is 0.867 bits per heavy atom. The number of amides is 2. The fourth-order valence-electron chi connectivity index (χ4n) is 2.94. The van der Waals surface area contributed by atoms with E-state index >= 15 is 0 Å². The van der Waals surface area contributed by atoms with Crippen LogP contribution in [0, 0.1) is 0 Å². The standard InChI is InChI=1S/C19H18F3N3O4S/c20-19(21,22)15-8-6-13(7-9-15)17(26)23-24-18(27)14-4-3-5-16(12-14)30(28,29)25-10-1-2-11-25/h3-9,12H,1-2,10-11H2,(H,23,26)(H,24,27). The molecule has 1 heterocycles. The Balaban J connectivity index is 1.66. The molecular formula is C19H18F3N3O4S. The van der Waals surface area contributed by atoms with Crippen molar-refractivity contribution in [2.75, 3.05) is 13.1 Å². The smallest absolute Gasteiger partial charge is 0.267 e. The van der Waals surface area contributed by atoms with Crippen LogP contribution in [0.1, 0.15) is 39.1 Å². The zero-order chi connectivity index (χ0) is 21.9. The third kappa shape index (κ3) is 4.79. The number of hydrogen-bond donors (Lipinski definition) is 2. The monoisotopic (exact) mass is 441 g/mol. The lowest BCUT2D eigenvalue weighted by Crippen LogP contribution is -2.41. The van der Waals surface area contributed by atoms with Gasteiger partial charge in [0.2, 0.25) is 10.0 Å². The minimum atomic E-state index is -4.52. The number of nitrogens with zero attached hydrogens (tertiary/aromatic N) is 1. The van der Waals surface area contributed by atoms with Gasteiger partial charge in [-0.2, -0.15) is 17.5 Å². The average molecular weight is 441 g/mol. The number of halogens is 3. The first-order chi connectivity index (χ1) is 14.1. The summed E-state index contributed by atoms with van der Waals surface area (Å²) in [5, 5.41) is 0. The third-order valence-electron chi connectivity index (χ3n) is 4.56. The minimum absolute atomic E-state index is 0.00277. The van der Waals surface area contributed by atoms with E-state index in [9.17, 15) is 31.2 Å². The molecule has 3 rings (SSSR count). The number of alkyl halides is 3. The Bertz CT molecular complexity index is 1050. The topological polar surface area (TPSA) is 95.6 Å². The number of rotatable bonds is 4. The number of sulfonamides is 1. The maximum Gasteiger partial charge on any atom is 0.416 e. The van der Waals surface area contributed by atoms with E-state index in [0.717, 1.165) is 37.1 Å². The lowest BCUT2D eigenvalue weighted by molar-refractivity contribution is -0.137. The van der Waals surface area contributed by atoms with Gasteiger partial charge in [-0.05, 0) is 55.3 Å². The molecule has 1 fully saturated rings. The number of carbonyl (C=O) groups is 2. The van der Waals surface area contributed by atoms with Gasteiger partial charge in [-0.1, -0.05) is 6.07 Å². The highest BCUT2D eigenvalue weighted by Gasteiger charge is 2.30. The molecule has 0 saturated carbocycles. The summed E-state index contributed by atoms with van der Waals surface area (Å²) in [6.07, 6.45) is -2.98. The van der Waals surface area contributed by atoms with Crippen molar-refractivity contribution < 1.29 is 31.2 Å². The molecule has 0 radical (unpaired) electrons. The van der Waals surface area contributed by atoms with Gasteiger partial charge < -0.3 is 0 Å². The molecule has 0 bridgehead atoms. The normalized spacial score (nSPS) is 15.0. The van der Waals surface area contributed by atoms with Crippen LogP contribution in [-0.2, 0) is 16.2 Å². The van der Waals surface area contributed by atoms with E-state index in [1.165, 1.54) is 28.6 Å². The van der Waals surface area contributed by atoms with Gasteiger partial charge in [-0.3, -0.25) is 20.4 Å². The molecule has 1 aliphatic rings. The van der Waals surface area contributed by atoms with Gasteiger partial charge >= 0.3 is 6.18 Å². The van der Waals surface area contributed by atoms with Crippen LogP contribution in [0.15, 0.2) is 53.4 Å². The molecule has 2 aromatic carbocycles. The largest absolute Gasteiger partial charge is 0.416 e. The zero-order valence-electron chi connectivity index (χ0n) is 15.6. The second kappa shape index (κ2) is 8.44. The molecule has 30 heavy (non-hydrogen) atoms. The SMILES string of the molecule is O=C(NNC(=O)c1cccc(S(=O)(=O)N2CCCC2)c1)c1ccc(C(F)(F)F)cc1. The quantitative estimate of drug-likeness (QED) is 0.713. The summed E-state index contributed by atoms with van der Waals surface area (Å²) in [6.45, 7) is 0.837. The van der Waals surface area contributed by atoms with Crippen LogP contribution < -0.4 is 10.9 Å². The third-order valence-corrected chi connectivity index (χ3v) is 6.46. The van der Waals surface area contributed by atoms with Crippen LogP contribution in [-0.4, -0.2) is 37.6 Å². The van der Waals surface area contributed by atoms with Crippen molar-refractivity contribution in [1.82, 2.24) is 15.2 Å². The Morgan fingerprint density at radius 3 is 2.00 bits per heavy atom. The Labute approximate surface area is 170 Å². The second-order valence-corrected chi connectivity index (χ2v) is 8.56. The highest BCUT2D eigenvalue weighted by Crippen LogP contribution is 2.29. The summed E-state index contributed by atoms with van der Waals surface area (Å²) in [7, 11) is -3.71. The number of benzene rings is 2. The van der Waals surface area contributed by atoms with Crippen molar-refractivity contribution in [3.8, 4) is 0 Å². The summed E-state index contributed by atoms with van der Waals surface area (Å²) in [5.74, 6) is -1.59. The van der Waals surface area contributed by atoms with Gasteiger partial charge in [0.1, 0.15) is 0 Å². The van der Waals surface area contributed by atoms with Crippen molar-refractivity contribution in [1.29, 1.82) is 0 Å². The van der Waals surface area contributed by atoms with Crippen LogP contribution in [0.25, 0.3) is 0 Å². The first-order valence-electron chi connectivity index (χ1n) is 8.97. The predicted octanol–water partition coefficient (Wildman–Crippen LogP) is 2.56. The van der Waals surface area contributed by atoms with E-state index < -0.39 is 33.6 Å². The van der Waals surface area contributed by atoms with Crippen LogP contribution in [0.3, 0.4) is 0 Å². The van der Waals surface area contributed by atoms with Gasteiger partial charge in [0.05, 0.1) is 10.5 Å². The number of nitrogens with one attached hydrogen (secondary N) is 2. The first-order valence-corrected chi connectivity index (χ1v) is 10.4. The van der Waals surface area contributed by atoms with Gasteiger partial charge in [0, 0.05) is 24.2 Å². The van der Waals surface area contributed by atoms with E-state index in [-0.39, 0.29) is 16.0 Å². The molecular weight excluding hydrogens is 423 g/mol. The molecule has 0 unspecified atom stereocenters. The highest BCUT2D eigenvalue weighted by atomic mass is 32.2. The van der Waals surface area contributed by atoms with Gasteiger partial charge in [-0.15, -0.1) is 0 Å². The van der Waals surface area contributed by atoms with E-state index in [1.54, 1.807) is 0 Å². The summed E-state index contributed by atoms with van der Waals surface area (Å²) < 4.78 is 64.3. The zero-order valence-corrected chi connectivity index (χ0v) is 16.4. The van der Waals surface area contributed by atoms with Crippen molar-refractivity contribution >= 4 is 21.8 Å². The lowest BCUT2D eigenvalue weighted by Gasteiger charge is -2.16. The van der Waals surface area contributed by atoms with Crippen LogP contribution in [0.5, 0.6) is 0 Å². The molecule has 0 atom stereocenters. The fraction of sp³-hybridized carbons (Fsp3) is 0.263. The Kier molecular flexibility index (Phi) is 6.13. The van der Waals surface area contributed by atoms with E-state index in [1.807, 2.05) is 0 Å². The number of carbonyl (C=O) groups excluding carboxylic acids is 2. The Hall–Kier alpha value is -2.92. The van der Waals surface area contributed by atoms with Crippen LogP contribution >= 0.6 is 0 Å². The summed E-state index contributed by atoms with van der Waals surface area (Å²) in [5.41, 5.74) is 3.22. The van der Waals surface area contributed by atoms with Crippen molar-refractivity contribution in [2.24, 2.45) is 0 Å². The average Bonchev–Trinajstić information content (AvgIpc) is 3.27. The molecule has 0 aromatic heterocycles. The van der Waals surface area contributed by atoms with Gasteiger partial charge in [-0.25, -0.2) is 8.42 Å². The molecule has 1 aliphatic heterocycles. The van der Waals surface area contributed by atoms with Gasteiger partial charge in [0.15, 0.2) is 0 Å². The number of hydrazine groups is 1. The highest BCUT2D eigenvalue weighted by molar-refractivity contribution is 7.89. The molecule has 0 spiro atoms. The molecule has 11 heteroatoms. The molecule has 160 valence electrons. The molecule has 0 aliphatic carbocycles. The summed E-state index contributed by atoms with van der Waals surface area (Å²) >= 11 is 0. The maximum atomic E-state index is 12.6. The number of hydrogen-bond acceptors (Lipinski definition) is 4. The van der Waals surface area contributed by atoms with E-state index in [4.69, 9.17) is 0 Å². The van der Waals surface area contributed by atoms with Crippen molar-refractivity contribution in [3.63, 3.8) is 0 Å². The van der Waals surface area contributed by atoms with E-state index in [2.05, 4.69) is 10.9 Å². The first kappa shape index (κ1) is 21.8. The maximum absolute atomic E-state index is 12.6. The fourth-order valence-corrected chi connectivity index (χ4v) is 4.51.